The number of anilines is 2. The van der Waals surface area contributed by atoms with E-state index in [2.05, 4.69) is 162 Å². The largest absolute Gasteiger partial charge is 0.355 e. The molecule has 0 aliphatic rings. The molecule has 48 heavy (non-hydrogen) atoms. The second-order valence-electron chi connectivity index (χ2n) is 12.2. The van der Waals surface area contributed by atoms with Crippen molar-refractivity contribution in [2.24, 2.45) is 0 Å². The molecule has 0 bridgehead atoms. The molecule has 9 rings (SSSR count). The van der Waals surface area contributed by atoms with Gasteiger partial charge in [0.1, 0.15) is 0 Å². The molecule has 3 nitrogen and oxygen atoms in total. The van der Waals surface area contributed by atoms with Gasteiger partial charge in [0.05, 0.1) is 11.0 Å². The van der Waals surface area contributed by atoms with Crippen molar-refractivity contribution >= 4 is 60.9 Å². The zero-order valence-electron chi connectivity index (χ0n) is 26.2. The van der Waals surface area contributed by atoms with Crippen LogP contribution in [0.15, 0.2) is 170 Å². The lowest BCUT2D eigenvalue weighted by molar-refractivity contribution is 1.19. The highest BCUT2D eigenvalue weighted by atomic mass is 15.0. The lowest BCUT2D eigenvalue weighted by Crippen LogP contribution is -1.99. The highest BCUT2D eigenvalue weighted by Gasteiger charge is 2.21. The third-order valence-corrected chi connectivity index (χ3v) is 9.43. The number of fused-ring (bicyclic) bond motifs is 7. The summed E-state index contributed by atoms with van der Waals surface area (Å²) < 4.78 is 2.43. The number of nitrogens with one attached hydrogen (secondary N) is 2. The molecule has 1 heterocycles. The Hall–Kier alpha value is -6.45. The summed E-state index contributed by atoms with van der Waals surface area (Å²) in [7, 11) is 0. The average molecular weight is 614 g/mol. The van der Waals surface area contributed by atoms with E-state index in [9.17, 15) is 0 Å². The molecule has 0 saturated carbocycles. The summed E-state index contributed by atoms with van der Waals surface area (Å²) in [5.41, 5.74) is 10.7. The first-order valence-corrected chi connectivity index (χ1v) is 16.3. The predicted molar refractivity (Wildman–Crippen MR) is 204 cm³/mol. The predicted octanol–water partition coefficient (Wildman–Crippen LogP) is 12.2. The fourth-order valence-corrected chi connectivity index (χ4v) is 7.25. The molecule has 0 saturated heterocycles. The molecule has 8 aromatic carbocycles. The molecule has 0 amide bonds. The number of aromatic nitrogens is 1. The van der Waals surface area contributed by atoms with Crippen molar-refractivity contribution in [3.8, 4) is 27.9 Å². The topological polar surface area (TPSA) is 40.8 Å². The molecule has 0 radical (unpaired) electrons. The Morgan fingerprint density at radius 1 is 0.479 bits per heavy atom. The van der Waals surface area contributed by atoms with Crippen LogP contribution in [0.25, 0.3) is 71.3 Å². The normalized spacial score (nSPS) is 11.4. The molecule has 0 aliphatic carbocycles. The summed E-state index contributed by atoms with van der Waals surface area (Å²) in [6.45, 7) is 0. The first-order valence-electron chi connectivity index (χ1n) is 16.3. The van der Waals surface area contributed by atoms with Gasteiger partial charge in [-0.2, -0.15) is 0 Å². The Kier molecular flexibility index (Phi) is 6.62. The molecule has 226 valence electrons. The summed E-state index contributed by atoms with van der Waals surface area (Å²) in [6, 6.07) is 60.2. The summed E-state index contributed by atoms with van der Waals surface area (Å²) in [5, 5.41) is 19.3. The van der Waals surface area contributed by atoms with Gasteiger partial charge in [-0.25, -0.2) is 0 Å². The molecular formula is C45H31N3. The zero-order valence-corrected chi connectivity index (χ0v) is 26.2. The summed E-state index contributed by atoms with van der Waals surface area (Å²) in [4.78, 5) is 0. The van der Waals surface area contributed by atoms with Crippen molar-refractivity contribution in [3.63, 3.8) is 0 Å². The second-order valence-corrected chi connectivity index (χ2v) is 12.2. The minimum absolute atomic E-state index is 0.863. The molecule has 0 aliphatic heterocycles. The van der Waals surface area contributed by atoms with E-state index in [1.165, 1.54) is 38.9 Å². The highest BCUT2D eigenvalue weighted by Crippen LogP contribution is 2.43. The maximum absolute atomic E-state index is 8.73. The number of hydrogen-bond acceptors (Lipinski definition) is 2. The van der Waals surface area contributed by atoms with Gasteiger partial charge in [0.2, 0.25) is 0 Å². The fourth-order valence-electron chi connectivity index (χ4n) is 7.25. The summed E-state index contributed by atoms with van der Waals surface area (Å²) in [6.07, 6.45) is 1.50. The third-order valence-electron chi connectivity index (χ3n) is 9.43. The van der Waals surface area contributed by atoms with Crippen LogP contribution in [-0.2, 0) is 0 Å². The monoisotopic (exact) mass is 613 g/mol. The summed E-state index contributed by atoms with van der Waals surface area (Å²) in [5.74, 6) is 0. The smallest absolute Gasteiger partial charge is 0.0625 e. The number of para-hydroxylation sites is 1. The average Bonchev–Trinajstić information content (AvgIpc) is 3.50. The van der Waals surface area contributed by atoms with Gasteiger partial charge in [-0.15, -0.1) is 0 Å². The van der Waals surface area contributed by atoms with Gasteiger partial charge >= 0.3 is 0 Å². The molecule has 1 aromatic heterocycles. The van der Waals surface area contributed by atoms with Crippen LogP contribution >= 0.6 is 0 Å². The molecule has 0 fully saturated rings. The Balaban J connectivity index is 1.44. The molecule has 3 heteroatoms. The van der Waals surface area contributed by atoms with E-state index < -0.39 is 0 Å². The number of rotatable bonds is 6. The molecule has 0 unspecified atom stereocenters. The summed E-state index contributed by atoms with van der Waals surface area (Å²) >= 11 is 0. The minimum Gasteiger partial charge on any atom is -0.355 e. The second kappa shape index (κ2) is 11.4. The van der Waals surface area contributed by atoms with E-state index >= 15 is 0 Å². The van der Waals surface area contributed by atoms with Crippen LogP contribution in [0, 0.1) is 5.41 Å². The van der Waals surface area contributed by atoms with Gasteiger partial charge in [0.15, 0.2) is 0 Å². The van der Waals surface area contributed by atoms with Crippen molar-refractivity contribution in [2.45, 2.75) is 0 Å². The SMILES string of the molecule is N=Cc1c(Nc2ccccc2)ccc2c1c1ccc3ccc4ccccc4c3c1n2-c1cc(-c2ccccc2)cc(-c2ccccc2)c1. The van der Waals surface area contributed by atoms with Crippen molar-refractivity contribution in [1.29, 1.82) is 5.41 Å². The lowest BCUT2D eigenvalue weighted by Gasteiger charge is -2.16. The first kappa shape index (κ1) is 27.8. The van der Waals surface area contributed by atoms with Crippen LogP contribution in [0.2, 0.25) is 0 Å². The van der Waals surface area contributed by atoms with Crippen LogP contribution < -0.4 is 5.32 Å². The van der Waals surface area contributed by atoms with Gasteiger partial charge in [-0.1, -0.05) is 127 Å². The molecular weight excluding hydrogens is 583 g/mol. The number of benzene rings is 8. The zero-order chi connectivity index (χ0) is 32.0. The van der Waals surface area contributed by atoms with Crippen molar-refractivity contribution < 1.29 is 0 Å². The minimum atomic E-state index is 0.863. The standard InChI is InChI=1S/C45H31N3/c46-29-40-41(47-36-17-8-3-9-18-36)24-25-42-44(40)39-23-22-33-21-20-32-16-10-11-19-38(32)43(33)45(39)48(42)37-27-34(30-12-4-1-5-13-30)26-35(28-37)31-14-6-2-7-15-31/h1-29,46-47H. The van der Waals surface area contributed by atoms with Gasteiger partial charge in [0, 0.05) is 45.0 Å². The molecule has 0 atom stereocenters. The number of nitrogens with zero attached hydrogens (tertiary/aromatic N) is 1. The van der Waals surface area contributed by atoms with Crippen LogP contribution in [0.3, 0.4) is 0 Å². The van der Waals surface area contributed by atoms with E-state index in [1.807, 2.05) is 18.2 Å². The maximum atomic E-state index is 8.73. The van der Waals surface area contributed by atoms with Crippen molar-refractivity contribution in [1.82, 2.24) is 4.57 Å². The quantitative estimate of drug-likeness (QED) is 0.142. The van der Waals surface area contributed by atoms with Crippen LogP contribution in [-0.4, -0.2) is 10.8 Å². The van der Waals surface area contributed by atoms with Gasteiger partial charge in [-0.3, -0.25) is 0 Å². The fraction of sp³-hybridized carbons (Fsp3) is 0. The highest BCUT2D eigenvalue weighted by molar-refractivity contribution is 6.28. The maximum Gasteiger partial charge on any atom is 0.0625 e. The van der Waals surface area contributed by atoms with Crippen LogP contribution in [0.5, 0.6) is 0 Å². The number of hydrogen-bond donors (Lipinski definition) is 2. The Bertz CT molecular complexity index is 2580. The molecule has 2 N–H and O–H groups in total. The Labute approximate surface area is 278 Å². The Morgan fingerprint density at radius 3 is 1.77 bits per heavy atom. The van der Waals surface area contributed by atoms with E-state index in [0.717, 1.165) is 55.6 Å². The van der Waals surface area contributed by atoms with E-state index in [1.54, 1.807) is 0 Å². The van der Waals surface area contributed by atoms with E-state index in [4.69, 9.17) is 5.41 Å². The third kappa shape index (κ3) is 4.56. The van der Waals surface area contributed by atoms with E-state index in [-0.39, 0.29) is 0 Å². The first-order chi connectivity index (χ1) is 23.8. The van der Waals surface area contributed by atoms with Gasteiger partial charge < -0.3 is 15.3 Å². The molecule has 0 spiro atoms. The van der Waals surface area contributed by atoms with Gasteiger partial charge in [0.25, 0.3) is 0 Å². The Morgan fingerprint density at radius 2 is 1.08 bits per heavy atom. The molecule has 9 aromatic rings. The van der Waals surface area contributed by atoms with Crippen LogP contribution in [0.1, 0.15) is 5.56 Å². The van der Waals surface area contributed by atoms with Crippen molar-refractivity contribution in [2.75, 3.05) is 5.32 Å². The lowest BCUT2D eigenvalue weighted by atomic mass is 9.97. The van der Waals surface area contributed by atoms with Crippen molar-refractivity contribution in [3.05, 3.63) is 175 Å². The van der Waals surface area contributed by atoms with Gasteiger partial charge in [-0.05, 0) is 80.9 Å². The van der Waals surface area contributed by atoms with Crippen LogP contribution in [0.4, 0.5) is 11.4 Å². The van der Waals surface area contributed by atoms with E-state index in [0.29, 0.717) is 0 Å².